The molecule has 0 bridgehead atoms. The Kier molecular flexibility index (Phi) is 3.98. The van der Waals surface area contributed by atoms with Gasteiger partial charge in [0.2, 0.25) is 0 Å². The number of hydrogen-bond donors (Lipinski definition) is 1. The topological polar surface area (TPSA) is 12.0 Å². The largest absolute Gasteiger partial charge is 0.310 e. The van der Waals surface area contributed by atoms with Gasteiger partial charge in [0.1, 0.15) is 0 Å². The van der Waals surface area contributed by atoms with E-state index in [2.05, 4.69) is 72.9 Å². The molecular weight excluding hydrogens is 242 g/mol. The Morgan fingerprint density at radius 2 is 1.65 bits per heavy atom. The summed E-state index contributed by atoms with van der Waals surface area (Å²) in [5.74, 6) is 0. The molecule has 0 heterocycles. The molecule has 3 rings (SSSR count). The summed E-state index contributed by atoms with van der Waals surface area (Å²) in [4.78, 5) is 0. The summed E-state index contributed by atoms with van der Waals surface area (Å²) in [6.45, 7) is 3.20. The van der Waals surface area contributed by atoms with E-state index in [1.54, 1.807) is 0 Å². The fourth-order valence-corrected chi connectivity index (χ4v) is 2.33. The minimum atomic E-state index is 0.777. The molecule has 102 valence electrons. The quantitative estimate of drug-likeness (QED) is 0.837. The highest BCUT2D eigenvalue weighted by molar-refractivity contribution is 5.66. The van der Waals surface area contributed by atoms with Crippen molar-refractivity contribution >= 4 is 6.08 Å². The molecule has 0 spiro atoms. The lowest BCUT2D eigenvalue weighted by atomic mass is 10.0. The third-order valence-corrected chi connectivity index (χ3v) is 3.68. The molecule has 1 N–H and O–H groups in total. The fourth-order valence-electron chi connectivity index (χ4n) is 2.33. The maximum absolute atomic E-state index is 3.55. The van der Waals surface area contributed by atoms with Crippen LogP contribution in [0.1, 0.15) is 25.3 Å². The van der Waals surface area contributed by atoms with Crippen LogP contribution in [0.2, 0.25) is 0 Å². The van der Waals surface area contributed by atoms with Gasteiger partial charge in [0.25, 0.3) is 0 Å². The second kappa shape index (κ2) is 6.06. The van der Waals surface area contributed by atoms with Crippen LogP contribution in [-0.2, 0) is 0 Å². The molecule has 0 atom stereocenters. The first kappa shape index (κ1) is 13.1. The molecule has 1 aliphatic carbocycles. The zero-order chi connectivity index (χ0) is 13.8. The van der Waals surface area contributed by atoms with Crippen molar-refractivity contribution in [3.05, 3.63) is 65.7 Å². The molecule has 0 unspecified atom stereocenters. The van der Waals surface area contributed by atoms with Gasteiger partial charge in [-0.2, -0.15) is 0 Å². The van der Waals surface area contributed by atoms with E-state index < -0.39 is 0 Å². The van der Waals surface area contributed by atoms with Gasteiger partial charge in [-0.25, -0.2) is 0 Å². The Bertz CT molecular complexity index is 577. The third kappa shape index (κ3) is 3.58. The predicted molar refractivity (Wildman–Crippen MR) is 86.6 cm³/mol. The predicted octanol–water partition coefficient (Wildman–Crippen LogP) is 4.51. The van der Waals surface area contributed by atoms with Crippen LogP contribution < -0.4 is 5.32 Å². The number of nitrogens with one attached hydrogen (secondary N) is 1. The van der Waals surface area contributed by atoms with Crippen LogP contribution in [-0.4, -0.2) is 12.6 Å². The van der Waals surface area contributed by atoms with Crippen molar-refractivity contribution in [2.24, 2.45) is 0 Å². The Labute approximate surface area is 121 Å². The fraction of sp³-hybridized carbons (Fsp3) is 0.263. The van der Waals surface area contributed by atoms with Crippen molar-refractivity contribution in [1.82, 2.24) is 5.32 Å². The van der Waals surface area contributed by atoms with E-state index in [0.717, 1.165) is 12.6 Å². The molecular formula is C19H21N. The van der Waals surface area contributed by atoms with Crippen molar-refractivity contribution in [3.63, 3.8) is 0 Å². The van der Waals surface area contributed by atoms with Crippen LogP contribution in [0.15, 0.2) is 60.2 Å². The lowest BCUT2D eigenvalue weighted by Crippen LogP contribution is -2.18. The standard InChI is InChI=1S/C19H21N/c1-15(14-20-19-11-12-19)13-16-7-9-18(10-8-16)17-5-3-2-4-6-17/h2-10,13,19-20H,11-12,14H2,1H3. The van der Waals surface area contributed by atoms with Gasteiger partial charge in [0.05, 0.1) is 0 Å². The molecule has 1 heteroatoms. The second-order valence-corrected chi connectivity index (χ2v) is 5.63. The van der Waals surface area contributed by atoms with Crippen LogP contribution in [0.5, 0.6) is 0 Å². The maximum atomic E-state index is 3.55. The SMILES string of the molecule is CC(=Cc1ccc(-c2ccccc2)cc1)CNC1CC1. The molecule has 0 amide bonds. The summed E-state index contributed by atoms with van der Waals surface area (Å²) in [6, 6.07) is 20.1. The molecule has 1 aliphatic rings. The summed E-state index contributed by atoms with van der Waals surface area (Å²) >= 11 is 0. The molecule has 0 saturated heterocycles. The van der Waals surface area contributed by atoms with Gasteiger partial charge in [0, 0.05) is 12.6 Å². The van der Waals surface area contributed by atoms with Crippen LogP contribution >= 0.6 is 0 Å². The smallest absolute Gasteiger partial charge is 0.0167 e. The molecule has 20 heavy (non-hydrogen) atoms. The van der Waals surface area contributed by atoms with E-state index in [1.165, 1.54) is 35.1 Å². The number of benzene rings is 2. The van der Waals surface area contributed by atoms with Crippen LogP contribution in [0, 0.1) is 0 Å². The summed E-state index contributed by atoms with van der Waals surface area (Å²) in [5.41, 5.74) is 5.22. The lowest BCUT2D eigenvalue weighted by Gasteiger charge is -2.05. The van der Waals surface area contributed by atoms with Crippen LogP contribution in [0.4, 0.5) is 0 Å². The van der Waals surface area contributed by atoms with Crippen LogP contribution in [0.3, 0.4) is 0 Å². The van der Waals surface area contributed by atoms with Gasteiger partial charge in [-0.05, 0) is 36.5 Å². The summed E-state index contributed by atoms with van der Waals surface area (Å²) in [5, 5.41) is 3.55. The molecule has 1 fully saturated rings. The molecule has 2 aromatic carbocycles. The van der Waals surface area contributed by atoms with Gasteiger partial charge < -0.3 is 5.32 Å². The molecule has 2 aromatic rings. The Morgan fingerprint density at radius 1 is 1.00 bits per heavy atom. The minimum absolute atomic E-state index is 0.777. The van der Waals surface area contributed by atoms with E-state index >= 15 is 0 Å². The van der Waals surface area contributed by atoms with Gasteiger partial charge in [0.15, 0.2) is 0 Å². The van der Waals surface area contributed by atoms with Crippen molar-refractivity contribution in [1.29, 1.82) is 0 Å². The number of hydrogen-bond acceptors (Lipinski definition) is 1. The van der Waals surface area contributed by atoms with Gasteiger partial charge in [-0.3, -0.25) is 0 Å². The molecule has 0 aromatic heterocycles. The lowest BCUT2D eigenvalue weighted by molar-refractivity contribution is 0.736. The average Bonchev–Trinajstić information content (AvgIpc) is 3.31. The van der Waals surface area contributed by atoms with Crippen molar-refractivity contribution in [3.8, 4) is 11.1 Å². The molecule has 0 aliphatic heterocycles. The van der Waals surface area contributed by atoms with E-state index in [-0.39, 0.29) is 0 Å². The first-order chi connectivity index (χ1) is 9.81. The molecule has 0 radical (unpaired) electrons. The van der Waals surface area contributed by atoms with Crippen molar-refractivity contribution in [2.45, 2.75) is 25.8 Å². The maximum Gasteiger partial charge on any atom is 0.0167 e. The van der Waals surface area contributed by atoms with Gasteiger partial charge in [-0.1, -0.05) is 66.2 Å². The average molecular weight is 263 g/mol. The highest BCUT2D eigenvalue weighted by atomic mass is 14.9. The van der Waals surface area contributed by atoms with E-state index in [9.17, 15) is 0 Å². The zero-order valence-electron chi connectivity index (χ0n) is 12.0. The van der Waals surface area contributed by atoms with E-state index in [4.69, 9.17) is 0 Å². The minimum Gasteiger partial charge on any atom is -0.310 e. The van der Waals surface area contributed by atoms with Crippen molar-refractivity contribution < 1.29 is 0 Å². The van der Waals surface area contributed by atoms with E-state index in [0.29, 0.717) is 0 Å². The van der Waals surface area contributed by atoms with E-state index in [1.807, 2.05) is 0 Å². The van der Waals surface area contributed by atoms with Gasteiger partial charge in [-0.15, -0.1) is 0 Å². The summed E-state index contributed by atoms with van der Waals surface area (Å²) < 4.78 is 0. The van der Waals surface area contributed by atoms with Crippen molar-refractivity contribution in [2.75, 3.05) is 6.54 Å². The number of rotatable bonds is 5. The Hall–Kier alpha value is -1.86. The highest BCUT2D eigenvalue weighted by Crippen LogP contribution is 2.21. The van der Waals surface area contributed by atoms with Gasteiger partial charge >= 0.3 is 0 Å². The Balaban J connectivity index is 1.67. The second-order valence-electron chi connectivity index (χ2n) is 5.63. The Morgan fingerprint density at radius 3 is 2.30 bits per heavy atom. The first-order valence-corrected chi connectivity index (χ1v) is 7.37. The normalized spacial score (nSPS) is 15.3. The van der Waals surface area contributed by atoms with Crippen LogP contribution in [0.25, 0.3) is 17.2 Å². The highest BCUT2D eigenvalue weighted by Gasteiger charge is 2.19. The first-order valence-electron chi connectivity index (χ1n) is 7.37. The summed E-state index contributed by atoms with van der Waals surface area (Å²) in [6.07, 6.45) is 4.96. The summed E-state index contributed by atoms with van der Waals surface area (Å²) in [7, 11) is 0. The zero-order valence-corrected chi connectivity index (χ0v) is 12.0. The molecule has 1 nitrogen and oxygen atoms in total. The third-order valence-electron chi connectivity index (χ3n) is 3.68. The monoisotopic (exact) mass is 263 g/mol. The molecule has 1 saturated carbocycles.